The summed E-state index contributed by atoms with van der Waals surface area (Å²) in [6.07, 6.45) is 6.60. The molecular weight excluding hydrogens is 262 g/mol. The molecule has 19 heavy (non-hydrogen) atoms. The van der Waals surface area contributed by atoms with Gasteiger partial charge in [0.1, 0.15) is 6.04 Å². The molecule has 2 unspecified atom stereocenters. The quantitative estimate of drug-likeness (QED) is 0.832. The minimum Gasteiger partial charge on any atom is -0.480 e. The highest BCUT2D eigenvalue weighted by Gasteiger charge is 2.30. The standard InChI is InChI=1S/C15H16ClNO2/c16-15(10-13(17)14(18)19)8-6-12(7-9-15)11-4-2-1-3-5-11/h1-8,13H,9-10,17H2,(H,18,19). The fraction of sp³-hybridized carbons (Fsp3) is 0.267. The second-order valence-corrected chi connectivity index (χ2v) is 5.50. The number of alkyl halides is 1. The average Bonchev–Trinajstić information content (AvgIpc) is 2.40. The lowest BCUT2D eigenvalue weighted by Gasteiger charge is -2.27. The SMILES string of the molecule is NC(CC1(Cl)C=CC(c2ccccc2)=CC1)C(=O)O. The molecule has 1 aromatic rings. The number of halogens is 1. The van der Waals surface area contributed by atoms with E-state index >= 15 is 0 Å². The fourth-order valence-electron chi connectivity index (χ4n) is 2.10. The van der Waals surface area contributed by atoms with Gasteiger partial charge in [0.05, 0.1) is 4.87 Å². The topological polar surface area (TPSA) is 63.3 Å². The van der Waals surface area contributed by atoms with E-state index in [0.29, 0.717) is 6.42 Å². The zero-order chi connectivity index (χ0) is 13.9. The second-order valence-electron chi connectivity index (χ2n) is 4.75. The monoisotopic (exact) mass is 277 g/mol. The number of carboxylic acids is 1. The molecule has 100 valence electrons. The predicted molar refractivity (Wildman–Crippen MR) is 77.0 cm³/mol. The Kier molecular flexibility index (Phi) is 4.08. The van der Waals surface area contributed by atoms with Gasteiger partial charge < -0.3 is 10.8 Å². The molecule has 0 radical (unpaired) electrons. The molecule has 2 rings (SSSR count). The summed E-state index contributed by atoms with van der Waals surface area (Å²) in [7, 11) is 0. The van der Waals surface area contributed by atoms with Crippen LogP contribution in [0.25, 0.3) is 5.57 Å². The van der Waals surface area contributed by atoms with Gasteiger partial charge in [-0.3, -0.25) is 4.79 Å². The van der Waals surface area contributed by atoms with Gasteiger partial charge in [-0.05, 0) is 24.0 Å². The average molecular weight is 278 g/mol. The molecule has 2 atom stereocenters. The van der Waals surface area contributed by atoms with E-state index in [4.69, 9.17) is 22.4 Å². The molecule has 0 saturated heterocycles. The molecule has 0 amide bonds. The van der Waals surface area contributed by atoms with Crippen molar-refractivity contribution >= 4 is 23.1 Å². The Bertz CT molecular complexity index is 524. The van der Waals surface area contributed by atoms with Crippen LogP contribution in [-0.2, 0) is 4.79 Å². The zero-order valence-electron chi connectivity index (χ0n) is 10.4. The Morgan fingerprint density at radius 1 is 1.42 bits per heavy atom. The van der Waals surface area contributed by atoms with Crippen molar-refractivity contribution < 1.29 is 9.90 Å². The van der Waals surface area contributed by atoms with Crippen molar-refractivity contribution in [2.45, 2.75) is 23.8 Å². The summed E-state index contributed by atoms with van der Waals surface area (Å²) >= 11 is 6.39. The molecule has 0 fully saturated rings. The Balaban J connectivity index is 2.08. The van der Waals surface area contributed by atoms with Gasteiger partial charge in [0, 0.05) is 0 Å². The molecule has 1 aliphatic carbocycles. The first-order valence-electron chi connectivity index (χ1n) is 6.12. The molecule has 1 aliphatic rings. The first kappa shape index (κ1) is 13.8. The molecule has 4 heteroatoms. The lowest BCUT2D eigenvalue weighted by molar-refractivity contribution is -0.138. The van der Waals surface area contributed by atoms with Gasteiger partial charge in [-0.15, -0.1) is 11.6 Å². The van der Waals surface area contributed by atoms with Crippen LogP contribution in [0.3, 0.4) is 0 Å². The van der Waals surface area contributed by atoms with Crippen LogP contribution in [0.1, 0.15) is 18.4 Å². The van der Waals surface area contributed by atoms with Crippen molar-refractivity contribution in [1.29, 1.82) is 0 Å². The van der Waals surface area contributed by atoms with Crippen molar-refractivity contribution in [3.8, 4) is 0 Å². The lowest BCUT2D eigenvalue weighted by atomic mass is 9.88. The van der Waals surface area contributed by atoms with E-state index in [1.807, 2.05) is 48.6 Å². The van der Waals surface area contributed by atoms with Gasteiger partial charge in [0.2, 0.25) is 0 Å². The van der Waals surface area contributed by atoms with Gasteiger partial charge in [-0.2, -0.15) is 0 Å². The Morgan fingerprint density at radius 2 is 2.11 bits per heavy atom. The van der Waals surface area contributed by atoms with Crippen LogP contribution < -0.4 is 5.73 Å². The number of nitrogens with two attached hydrogens (primary N) is 1. The third-order valence-electron chi connectivity index (χ3n) is 3.21. The number of aliphatic carboxylic acids is 1. The molecule has 0 aliphatic heterocycles. The number of allylic oxidation sites excluding steroid dienone is 4. The summed E-state index contributed by atoms with van der Waals surface area (Å²) in [6, 6.07) is 9.04. The smallest absolute Gasteiger partial charge is 0.320 e. The maximum absolute atomic E-state index is 10.8. The van der Waals surface area contributed by atoms with Crippen LogP contribution in [0, 0.1) is 0 Å². The Hall–Kier alpha value is -1.58. The lowest BCUT2D eigenvalue weighted by Crippen LogP contribution is -2.37. The highest BCUT2D eigenvalue weighted by Crippen LogP contribution is 2.34. The highest BCUT2D eigenvalue weighted by molar-refractivity contribution is 6.26. The maximum Gasteiger partial charge on any atom is 0.320 e. The zero-order valence-corrected chi connectivity index (χ0v) is 11.2. The van der Waals surface area contributed by atoms with Gasteiger partial charge in [0.15, 0.2) is 0 Å². The van der Waals surface area contributed by atoms with Gasteiger partial charge in [0.25, 0.3) is 0 Å². The predicted octanol–water partition coefficient (Wildman–Crippen LogP) is 2.81. The molecule has 3 nitrogen and oxygen atoms in total. The molecular formula is C15H16ClNO2. The Labute approximate surface area is 117 Å². The van der Waals surface area contributed by atoms with Gasteiger partial charge in [-0.25, -0.2) is 0 Å². The van der Waals surface area contributed by atoms with E-state index in [-0.39, 0.29) is 6.42 Å². The van der Waals surface area contributed by atoms with Crippen molar-refractivity contribution in [1.82, 2.24) is 0 Å². The van der Waals surface area contributed by atoms with Crippen LogP contribution in [0.15, 0.2) is 48.6 Å². The van der Waals surface area contributed by atoms with Crippen LogP contribution in [0.5, 0.6) is 0 Å². The number of hydrogen-bond acceptors (Lipinski definition) is 2. The summed E-state index contributed by atoms with van der Waals surface area (Å²) in [5.74, 6) is -1.02. The summed E-state index contributed by atoms with van der Waals surface area (Å²) in [5, 5.41) is 8.83. The van der Waals surface area contributed by atoms with E-state index in [2.05, 4.69) is 0 Å². The molecule has 3 N–H and O–H groups in total. The van der Waals surface area contributed by atoms with Crippen LogP contribution in [-0.4, -0.2) is 22.0 Å². The summed E-state index contributed by atoms with van der Waals surface area (Å²) < 4.78 is 0. The third kappa shape index (κ3) is 3.46. The highest BCUT2D eigenvalue weighted by atomic mass is 35.5. The van der Waals surface area contributed by atoms with E-state index in [1.165, 1.54) is 0 Å². The molecule has 1 aromatic carbocycles. The van der Waals surface area contributed by atoms with Crippen molar-refractivity contribution in [2.24, 2.45) is 5.73 Å². The van der Waals surface area contributed by atoms with E-state index in [1.54, 1.807) is 0 Å². The van der Waals surface area contributed by atoms with Gasteiger partial charge >= 0.3 is 5.97 Å². The first-order valence-corrected chi connectivity index (χ1v) is 6.50. The molecule has 0 heterocycles. The Morgan fingerprint density at radius 3 is 2.63 bits per heavy atom. The van der Waals surface area contributed by atoms with E-state index < -0.39 is 16.9 Å². The second kappa shape index (κ2) is 5.59. The number of hydrogen-bond donors (Lipinski definition) is 2. The largest absolute Gasteiger partial charge is 0.480 e. The molecule has 0 saturated carbocycles. The number of carbonyl (C=O) groups is 1. The van der Waals surface area contributed by atoms with Crippen molar-refractivity contribution in [2.75, 3.05) is 0 Å². The summed E-state index contributed by atoms with van der Waals surface area (Å²) in [5.41, 5.74) is 7.76. The normalized spacial score (nSPS) is 23.8. The number of rotatable bonds is 4. The summed E-state index contributed by atoms with van der Waals surface area (Å²) in [4.78, 5) is 10.1. The van der Waals surface area contributed by atoms with Gasteiger partial charge in [-0.1, -0.05) is 48.6 Å². The minimum absolute atomic E-state index is 0.221. The van der Waals surface area contributed by atoms with Crippen LogP contribution >= 0.6 is 11.6 Å². The minimum atomic E-state index is -1.02. The van der Waals surface area contributed by atoms with E-state index in [9.17, 15) is 4.79 Å². The molecule has 0 bridgehead atoms. The number of benzene rings is 1. The van der Waals surface area contributed by atoms with Crippen molar-refractivity contribution in [3.05, 3.63) is 54.1 Å². The van der Waals surface area contributed by atoms with Crippen molar-refractivity contribution in [3.63, 3.8) is 0 Å². The summed E-state index contributed by atoms with van der Waals surface area (Å²) in [6.45, 7) is 0. The first-order chi connectivity index (χ1) is 9.00. The molecule has 0 spiro atoms. The van der Waals surface area contributed by atoms with E-state index in [0.717, 1.165) is 11.1 Å². The molecule has 0 aromatic heterocycles. The maximum atomic E-state index is 10.8. The third-order valence-corrected chi connectivity index (χ3v) is 3.64. The number of carboxylic acid groups (broad SMARTS) is 1. The fourth-order valence-corrected chi connectivity index (χ4v) is 2.41. The van der Waals surface area contributed by atoms with Crippen LogP contribution in [0.4, 0.5) is 0 Å². The van der Waals surface area contributed by atoms with Crippen LogP contribution in [0.2, 0.25) is 0 Å².